The third-order valence-corrected chi connectivity index (χ3v) is 2.40. The van der Waals surface area contributed by atoms with Crippen LogP contribution in [-0.4, -0.2) is 17.4 Å². The highest BCUT2D eigenvalue weighted by Crippen LogP contribution is 2.01. The molecule has 0 saturated heterocycles. The van der Waals surface area contributed by atoms with Gasteiger partial charge in [-0.05, 0) is 30.9 Å². The van der Waals surface area contributed by atoms with Gasteiger partial charge in [0.25, 0.3) is 11.5 Å². The number of aromatic nitrogens is 1. The number of carbonyl (C=O) groups is 1. The highest BCUT2D eigenvalue weighted by Gasteiger charge is 2.12. The second-order valence-electron chi connectivity index (χ2n) is 4.30. The monoisotopic (exact) mass is 222 g/mol. The minimum absolute atomic E-state index is 0.214. The van der Waals surface area contributed by atoms with Crippen LogP contribution in [0.25, 0.3) is 0 Å². The van der Waals surface area contributed by atoms with Gasteiger partial charge >= 0.3 is 0 Å². The molecular weight excluding hydrogens is 204 g/mol. The zero-order valence-corrected chi connectivity index (χ0v) is 9.96. The van der Waals surface area contributed by atoms with E-state index in [9.17, 15) is 9.59 Å². The maximum atomic E-state index is 11.7. The summed E-state index contributed by atoms with van der Waals surface area (Å²) in [6.45, 7) is 6.54. The summed E-state index contributed by atoms with van der Waals surface area (Å²) in [5.41, 5.74) is 0.583. The fraction of sp³-hybridized carbons (Fsp3) is 0.500. The molecule has 16 heavy (non-hydrogen) atoms. The van der Waals surface area contributed by atoms with Gasteiger partial charge < -0.3 is 10.3 Å². The van der Waals surface area contributed by atoms with Crippen molar-refractivity contribution < 1.29 is 4.79 Å². The van der Waals surface area contributed by atoms with Gasteiger partial charge in [0.1, 0.15) is 5.56 Å². The van der Waals surface area contributed by atoms with E-state index >= 15 is 0 Å². The van der Waals surface area contributed by atoms with Crippen molar-refractivity contribution in [3.63, 3.8) is 0 Å². The largest absolute Gasteiger partial charge is 0.352 e. The number of aryl methyl sites for hydroxylation is 1. The van der Waals surface area contributed by atoms with E-state index < -0.39 is 0 Å². The predicted molar refractivity (Wildman–Crippen MR) is 63.6 cm³/mol. The molecule has 0 unspecified atom stereocenters. The third kappa shape index (κ3) is 3.22. The Hall–Kier alpha value is -1.58. The van der Waals surface area contributed by atoms with Crippen LogP contribution in [0, 0.1) is 12.8 Å². The van der Waals surface area contributed by atoms with Gasteiger partial charge in [-0.25, -0.2) is 0 Å². The van der Waals surface area contributed by atoms with Crippen molar-refractivity contribution in [1.82, 2.24) is 10.3 Å². The molecule has 1 aromatic heterocycles. The lowest BCUT2D eigenvalue weighted by atomic mass is 10.1. The van der Waals surface area contributed by atoms with Crippen molar-refractivity contribution in [2.75, 3.05) is 6.54 Å². The molecule has 0 bridgehead atoms. The Kier molecular flexibility index (Phi) is 4.28. The molecule has 0 aliphatic rings. The van der Waals surface area contributed by atoms with Crippen molar-refractivity contribution >= 4 is 5.91 Å². The van der Waals surface area contributed by atoms with Crippen LogP contribution in [0.5, 0.6) is 0 Å². The van der Waals surface area contributed by atoms with Crippen molar-refractivity contribution in [3.05, 3.63) is 33.7 Å². The smallest absolute Gasteiger partial charge is 0.261 e. The van der Waals surface area contributed by atoms with E-state index in [0.29, 0.717) is 18.0 Å². The number of amides is 1. The van der Waals surface area contributed by atoms with Crippen LogP contribution in [0.4, 0.5) is 0 Å². The fourth-order valence-electron chi connectivity index (χ4n) is 1.42. The van der Waals surface area contributed by atoms with Crippen molar-refractivity contribution in [2.24, 2.45) is 5.92 Å². The average molecular weight is 222 g/mol. The summed E-state index contributed by atoms with van der Waals surface area (Å²) < 4.78 is 0. The fourth-order valence-corrected chi connectivity index (χ4v) is 1.42. The number of rotatable bonds is 4. The van der Waals surface area contributed by atoms with E-state index in [1.54, 1.807) is 19.2 Å². The highest BCUT2D eigenvalue weighted by molar-refractivity contribution is 5.95. The molecule has 0 aliphatic carbocycles. The number of H-pyrrole nitrogens is 1. The summed E-state index contributed by atoms with van der Waals surface area (Å²) in [6.07, 6.45) is 2.46. The van der Waals surface area contributed by atoms with Gasteiger partial charge in [0.2, 0.25) is 0 Å². The predicted octanol–water partition coefficient (Wildman–Crippen LogP) is 1.46. The lowest BCUT2D eigenvalue weighted by Gasteiger charge is -2.07. The topological polar surface area (TPSA) is 62.0 Å². The third-order valence-electron chi connectivity index (χ3n) is 2.40. The number of aromatic amines is 1. The molecule has 4 nitrogen and oxygen atoms in total. The van der Waals surface area contributed by atoms with Crippen LogP contribution >= 0.6 is 0 Å². The summed E-state index contributed by atoms with van der Waals surface area (Å²) in [5.74, 6) is 0.246. The molecule has 0 saturated carbocycles. The van der Waals surface area contributed by atoms with Crippen LogP contribution in [0.15, 0.2) is 17.1 Å². The van der Waals surface area contributed by atoms with Gasteiger partial charge in [0, 0.05) is 12.7 Å². The molecule has 0 atom stereocenters. The summed E-state index contributed by atoms with van der Waals surface area (Å²) in [5, 5.41) is 2.75. The van der Waals surface area contributed by atoms with E-state index in [2.05, 4.69) is 24.1 Å². The quantitative estimate of drug-likeness (QED) is 0.810. The zero-order chi connectivity index (χ0) is 12.1. The van der Waals surface area contributed by atoms with Crippen LogP contribution in [0.2, 0.25) is 0 Å². The summed E-state index contributed by atoms with van der Waals surface area (Å²) in [6, 6.07) is 1.72. The minimum atomic E-state index is -0.331. The zero-order valence-electron chi connectivity index (χ0n) is 9.96. The first-order valence-corrected chi connectivity index (χ1v) is 5.49. The van der Waals surface area contributed by atoms with Crippen molar-refractivity contribution in [1.29, 1.82) is 0 Å². The van der Waals surface area contributed by atoms with Crippen LogP contribution in [0.3, 0.4) is 0 Å². The molecule has 1 rings (SSSR count). The Bertz CT molecular complexity index is 421. The molecule has 0 radical (unpaired) electrons. The van der Waals surface area contributed by atoms with E-state index in [1.165, 1.54) is 0 Å². The Balaban J connectivity index is 2.70. The number of hydrogen-bond donors (Lipinski definition) is 2. The molecule has 2 N–H and O–H groups in total. The molecule has 0 aromatic carbocycles. The lowest BCUT2D eigenvalue weighted by Crippen LogP contribution is -2.31. The second kappa shape index (κ2) is 5.49. The Morgan fingerprint density at radius 2 is 2.19 bits per heavy atom. The normalized spacial score (nSPS) is 10.5. The van der Waals surface area contributed by atoms with E-state index in [0.717, 1.165) is 6.42 Å². The molecule has 88 valence electrons. The molecule has 4 heteroatoms. The molecule has 0 fully saturated rings. The molecule has 1 heterocycles. The molecule has 1 amide bonds. The first-order valence-electron chi connectivity index (χ1n) is 5.49. The van der Waals surface area contributed by atoms with Gasteiger partial charge in [-0.15, -0.1) is 0 Å². The van der Waals surface area contributed by atoms with E-state index in [1.807, 2.05) is 0 Å². The van der Waals surface area contributed by atoms with Gasteiger partial charge in [-0.2, -0.15) is 0 Å². The second-order valence-corrected chi connectivity index (χ2v) is 4.30. The van der Waals surface area contributed by atoms with Crippen LogP contribution in [-0.2, 0) is 0 Å². The number of pyridine rings is 1. The molecule has 0 aliphatic heterocycles. The minimum Gasteiger partial charge on any atom is -0.352 e. The average Bonchev–Trinajstić information content (AvgIpc) is 2.16. The standard InChI is InChI=1S/C12H18N2O2/c1-8(2)4-6-13-11(15)10-9(3)5-7-14-12(10)16/h5,7-8H,4,6H2,1-3H3,(H,13,15)(H,14,16). The van der Waals surface area contributed by atoms with Crippen LogP contribution in [0.1, 0.15) is 36.2 Å². The molecule has 1 aromatic rings. The number of carbonyl (C=O) groups excluding carboxylic acids is 1. The van der Waals surface area contributed by atoms with Crippen molar-refractivity contribution in [2.45, 2.75) is 27.2 Å². The SMILES string of the molecule is Cc1cc[nH]c(=O)c1C(=O)NCCC(C)C. The van der Waals surface area contributed by atoms with Gasteiger partial charge in [-0.3, -0.25) is 9.59 Å². The maximum absolute atomic E-state index is 11.7. The van der Waals surface area contributed by atoms with Gasteiger partial charge in [0.15, 0.2) is 0 Å². The van der Waals surface area contributed by atoms with Gasteiger partial charge in [-0.1, -0.05) is 13.8 Å². The van der Waals surface area contributed by atoms with E-state index in [4.69, 9.17) is 0 Å². The van der Waals surface area contributed by atoms with Gasteiger partial charge in [0.05, 0.1) is 0 Å². The van der Waals surface area contributed by atoms with E-state index in [-0.39, 0.29) is 17.0 Å². The Morgan fingerprint density at radius 1 is 1.50 bits per heavy atom. The summed E-state index contributed by atoms with van der Waals surface area (Å²) in [4.78, 5) is 25.7. The summed E-state index contributed by atoms with van der Waals surface area (Å²) in [7, 11) is 0. The maximum Gasteiger partial charge on any atom is 0.261 e. The molecular formula is C12H18N2O2. The first kappa shape index (κ1) is 12.5. The first-order chi connectivity index (χ1) is 7.52. The lowest BCUT2D eigenvalue weighted by molar-refractivity contribution is 0.0950. The Labute approximate surface area is 95.1 Å². The van der Waals surface area contributed by atoms with Crippen molar-refractivity contribution in [3.8, 4) is 0 Å². The number of hydrogen-bond acceptors (Lipinski definition) is 2. The van der Waals surface area contributed by atoms with Crippen LogP contribution < -0.4 is 10.9 Å². The number of nitrogens with one attached hydrogen (secondary N) is 2. The summed E-state index contributed by atoms with van der Waals surface area (Å²) >= 11 is 0. The Morgan fingerprint density at radius 3 is 2.75 bits per heavy atom. The highest BCUT2D eigenvalue weighted by atomic mass is 16.2. The molecule has 0 spiro atoms.